The minimum Gasteiger partial charge on any atom is -0.398 e. The second kappa shape index (κ2) is 6.74. The molecule has 0 spiro atoms. The minimum atomic E-state index is -3.79. The molecule has 0 bridgehead atoms. The van der Waals surface area contributed by atoms with Gasteiger partial charge in [-0.15, -0.1) is 0 Å². The summed E-state index contributed by atoms with van der Waals surface area (Å²) < 4.78 is 28.1. The summed E-state index contributed by atoms with van der Waals surface area (Å²) in [7, 11) is -3.79. The Kier molecular flexibility index (Phi) is 6.03. The number of aliphatic hydroxyl groups is 1. The van der Waals surface area contributed by atoms with Gasteiger partial charge >= 0.3 is 0 Å². The van der Waals surface area contributed by atoms with Crippen LogP contribution in [0.3, 0.4) is 0 Å². The molecule has 0 aliphatic carbocycles. The van der Waals surface area contributed by atoms with Crippen molar-refractivity contribution in [3.8, 4) is 0 Å². The van der Waals surface area contributed by atoms with E-state index in [2.05, 4.69) is 36.6 Å². The first-order chi connectivity index (χ1) is 9.15. The number of benzene rings is 1. The van der Waals surface area contributed by atoms with E-state index < -0.39 is 15.6 Å². The van der Waals surface area contributed by atoms with Gasteiger partial charge in [0.25, 0.3) is 0 Å². The average molecular weight is 430 g/mol. The molecule has 4 N–H and O–H groups in total. The largest absolute Gasteiger partial charge is 0.398 e. The molecule has 0 unspecified atom stereocenters. The normalized spacial score (nSPS) is 12.7. The molecule has 0 fully saturated rings. The molecular weight excluding hydrogens is 412 g/mol. The molecule has 0 atom stereocenters. The Morgan fingerprint density at radius 3 is 2.30 bits per heavy atom. The highest BCUT2D eigenvalue weighted by atomic mass is 79.9. The number of sulfonamides is 1. The molecule has 0 heterocycles. The van der Waals surface area contributed by atoms with E-state index in [-0.39, 0.29) is 17.1 Å². The van der Waals surface area contributed by atoms with E-state index in [9.17, 15) is 13.5 Å². The fourth-order valence-electron chi connectivity index (χ4n) is 1.67. The highest BCUT2D eigenvalue weighted by Gasteiger charge is 2.27. The first kappa shape index (κ1) is 17.9. The second-order valence-electron chi connectivity index (χ2n) is 4.56. The predicted octanol–water partition coefficient (Wildman–Crippen LogP) is 2.62. The number of nitrogens with one attached hydrogen (secondary N) is 1. The SMILES string of the molecule is CCC(O)(CC)CNS(=O)(=O)c1c(N)cc(Br)cc1Br. The predicted molar refractivity (Wildman–Crippen MR) is 87.0 cm³/mol. The van der Waals surface area contributed by atoms with Crippen LogP contribution in [0.15, 0.2) is 26.0 Å². The second-order valence-corrected chi connectivity index (χ2v) is 8.04. The van der Waals surface area contributed by atoms with E-state index in [1.807, 2.05) is 13.8 Å². The number of hydrogen-bond donors (Lipinski definition) is 3. The third kappa shape index (κ3) is 4.17. The van der Waals surface area contributed by atoms with Gasteiger partial charge in [-0.25, -0.2) is 13.1 Å². The van der Waals surface area contributed by atoms with Gasteiger partial charge in [-0.2, -0.15) is 0 Å². The topological polar surface area (TPSA) is 92.4 Å². The van der Waals surface area contributed by atoms with Gasteiger partial charge < -0.3 is 10.8 Å². The lowest BCUT2D eigenvalue weighted by Crippen LogP contribution is -2.42. The van der Waals surface area contributed by atoms with Gasteiger partial charge in [-0.1, -0.05) is 29.8 Å². The molecule has 8 heteroatoms. The van der Waals surface area contributed by atoms with Gasteiger partial charge in [-0.3, -0.25) is 0 Å². The minimum absolute atomic E-state index is 0.0183. The van der Waals surface area contributed by atoms with E-state index in [4.69, 9.17) is 5.73 Å². The average Bonchev–Trinajstić information content (AvgIpc) is 2.34. The van der Waals surface area contributed by atoms with Crippen molar-refractivity contribution in [1.29, 1.82) is 0 Å². The lowest BCUT2D eigenvalue weighted by molar-refractivity contribution is 0.0377. The molecule has 0 aliphatic rings. The lowest BCUT2D eigenvalue weighted by Gasteiger charge is -2.25. The molecule has 20 heavy (non-hydrogen) atoms. The van der Waals surface area contributed by atoms with Crippen molar-refractivity contribution in [2.24, 2.45) is 0 Å². The molecule has 0 radical (unpaired) electrons. The van der Waals surface area contributed by atoms with Crippen LogP contribution in [0.1, 0.15) is 26.7 Å². The number of halogens is 2. The fourth-order valence-corrected chi connectivity index (χ4v) is 4.85. The molecule has 0 aromatic heterocycles. The van der Waals surface area contributed by atoms with E-state index in [1.54, 1.807) is 6.07 Å². The Labute approximate surface area is 136 Å². The zero-order chi connectivity index (χ0) is 15.6. The Hall–Kier alpha value is -0.150. The number of hydrogen-bond acceptors (Lipinski definition) is 4. The summed E-state index contributed by atoms with van der Waals surface area (Å²) in [5, 5.41) is 10.1. The first-order valence-electron chi connectivity index (χ1n) is 6.11. The van der Waals surface area contributed by atoms with Crippen LogP contribution in [0.25, 0.3) is 0 Å². The van der Waals surface area contributed by atoms with Crippen LogP contribution in [0.2, 0.25) is 0 Å². The summed E-state index contributed by atoms with van der Waals surface area (Å²) in [6, 6.07) is 3.13. The molecule has 0 saturated carbocycles. The van der Waals surface area contributed by atoms with E-state index >= 15 is 0 Å². The van der Waals surface area contributed by atoms with Crippen molar-refractivity contribution < 1.29 is 13.5 Å². The molecular formula is C12H18Br2N2O3S. The monoisotopic (exact) mass is 428 g/mol. The van der Waals surface area contributed by atoms with Crippen molar-refractivity contribution in [2.45, 2.75) is 37.2 Å². The van der Waals surface area contributed by atoms with Crippen LogP contribution in [-0.2, 0) is 10.0 Å². The van der Waals surface area contributed by atoms with E-state index in [1.165, 1.54) is 6.07 Å². The number of nitrogens with two attached hydrogens (primary N) is 1. The maximum absolute atomic E-state index is 12.3. The van der Waals surface area contributed by atoms with Crippen LogP contribution in [-0.4, -0.2) is 25.7 Å². The van der Waals surface area contributed by atoms with Crippen molar-refractivity contribution in [1.82, 2.24) is 4.72 Å². The van der Waals surface area contributed by atoms with Gasteiger partial charge in [0.05, 0.1) is 11.3 Å². The Balaban J connectivity index is 3.07. The zero-order valence-corrected chi connectivity index (χ0v) is 15.3. The van der Waals surface area contributed by atoms with Crippen molar-refractivity contribution in [3.63, 3.8) is 0 Å². The summed E-state index contributed by atoms with van der Waals surface area (Å²) in [4.78, 5) is -0.0183. The van der Waals surface area contributed by atoms with E-state index in [0.717, 1.165) is 0 Å². The molecule has 0 saturated heterocycles. The van der Waals surface area contributed by atoms with Crippen LogP contribution in [0.5, 0.6) is 0 Å². The van der Waals surface area contributed by atoms with Crippen molar-refractivity contribution in [3.05, 3.63) is 21.1 Å². The molecule has 0 aliphatic heterocycles. The Morgan fingerprint density at radius 1 is 1.30 bits per heavy atom. The van der Waals surface area contributed by atoms with Crippen molar-refractivity contribution in [2.75, 3.05) is 12.3 Å². The summed E-state index contributed by atoms with van der Waals surface area (Å²) in [5.74, 6) is 0. The molecule has 1 aromatic rings. The molecule has 114 valence electrons. The third-order valence-corrected chi connectivity index (χ3v) is 6.08. The first-order valence-corrected chi connectivity index (χ1v) is 9.18. The number of nitrogen functional groups attached to an aromatic ring is 1. The third-order valence-electron chi connectivity index (χ3n) is 3.21. The Morgan fingerprint density at radius 2 is 1.85 bits per heavy atom. The smallest absolute Gasteiger partial charge is 0.243 e. The maximum Gasteiger partial charge on any atom is 0.243 e. The molecule has 5 nitrogen and oxygen atoms in total. The highest BCUT2D eigenvalue weighted by molar-refractivity contribution is 9.11. The van der Waals surface area contributed by atoms with E-state index in [0.29, 0.717) is 21.8 Å². The summed E-state index contributed by atoms with van der Waals surface area (Å²) in [6.45, 7) is 3.56. The molecule has 0 amide bonds. The number of rotatable bonds is 6. The lowest BCUT2D eigenvalue weighted by atomic mass is 9.98. The van der Waals surface area contributed by atoms with Gasteiger partial charge in [0.2, 0.25) is 10.0 Å². The molecule has 1 aromatic carbocycles. The quantitative estimate of drug-likeness (QED) is 0.606. The van der Waals surface area contributed by atoms with Gasteiger partial charge in [-0.05, 0) is 40.9 Å². The summed E-state index contributed by atoms with van der Waals surface area (Å²) >= 11 is 6.44. The maximum atomic E-state index is 12.3. The van der Waals surface area contributed by atoms with Crippen LogP contribution in [0, 0.1) is 0 Å². The van der Waals surface area contributed by atoms with Gasteiger partial charge in [0, 0.05) is 15.5 Å². The van der Waals surface area contributed by atoms with Crippen LogP contribution in [0.4, 0.5) is 5.69 Å². The fraction of sp³-hybridized carbons (Fsp3) is 0.500. The van der Waals surface area contributed by atoms with Gasteiger partial charge in [0.15, 0.2) is 0 Å². The standard InChI is InChI=1S/C12H18Br2N2O3S/c1-3-12(17,4-2)7-16-20(18,19)11-9(14)5-8(13)6-10(11)15/h5-6,16-17H,3-4,7,15H2,1-2H3. The van der Waals surface area contributed by atoms with Crippen LogP contribution < -0.4 is 10.5 Å². The van der Waals surface area contributed by atoms with Gasteiger partial charge in [0.1, 0.15) is 4.90 Å². The highest BCUT2D eigenvalue weighted by Crippen LogP contribution is 2.31. The van der Waals surface area contributed by atoms with Crippen LogP contribution >= 0.6 is 31.9 Å². The summed E-state index contributed by atoms with van der Waals surface area (Å²) in [6.07, 6.45) is 0.923. The summed E-state index contributed by atoms with van der Waals surface area (Å²) in [5.41, 5.74) is 4.85. The zero-order valence-electron chi connectivity index (χ0n) is 11.3. The number of anilines is 1. The Bertz CT molecular complexity index is 563. The van der Waals surface area contributed by atoms with Crippen molar-refractivity contribution >= 4 is 47.6 Å². The molecule has 1 rings (SSSR count).